The fraction of sp³-hybridized carbons (Fsp3) is 0.375. The molecule has 1 aliphatic rings. The quantitative estimate of drug-likeness (QED) is 0.633. The summed E-state index contributed by atoms with van der Waals surface area (Å²) in [7, 11) is 0. The summed E-state index contributed by atoms with van der Waals surface area (Å²) >= 11 is 6.18. The summed E-state index contributed by atoms with van der Waals surface area (Å²) in [6.45, 7) is 4.98. The van der Waals surface area contributed by atoms with Crippen molar-refractivity contribution >= 4 is 34.4 Å². The molecule has 3 aromatic rings. The SMILES string of the molecule is CC(NC(=O)c1ccccc1Cl)c1nc2ccccc2n1CC(=O)N1CCCCC1C. The van der Waals surface area contributed by atoms with E-state index in [9.17, 15) is 9.59 Å². The van der Waals surface area contributed by atoms with Gasteiger partial charge in [-0.15, -0.1) is 0 Å². The van der Waals surface area contributed by atoms with E-state index in [1.54, 1.807) is 24.3 Å². The average molecular weight is 439 g/mol. The highest BCUT2D eigenvalue weighted by Crippen LogP contribution is 2.24. The molecule has 1 fully saturated rings. The lowest BCUT2D eigenvalue weighted by atomic mass is 10.0. The molecule has 7 heteroatoms. The number of rotatable bonds is 5. The lowest BCUT2D eigenvalue weighted by molar-refractivity contribution is -0.135. The molecule has 6 nitrogen and oxygen atoms in total. The minimum atomic E-state index is -0.400. The molecule has 1 aromatic heterocycles. The van der Waals surface area contributed by atoms with E-state index in [0.717, 1.165) is 36.8 Å². The Morgan fingerprint density at radius 2 is 1.90 bits per heavy atom. The van der Waals surface area contributed by atoms with Gasteiger partial charge >= 0.3 is 0 Å². The number of carbonyl (C=O) groups is 2. The molecule has 31 heavy (non-hydrogen) atoms. The molecule has 2 heterocycles. The van der Waals surface area contributed by atoms with E-state index in [4.69, 9.17) is 16.6 Å². The predicted octanol–water partition coefficient (Wildman–Crippen LogP) is 4.58. The van der Waals surface area contributed by atoms with Gasteiger partial charge in [-0.25, -0.2) is 4.98 Å². The maximum atomic E-state index is 13.2. The Bertz CT molecular complexity index is 1110. The molecule has 2 aromatic carbocycles. The van der Waals surface area contributed by atoms with E-state index in [2.05, 4.69) is 12.2 Å². The normalized spacial score (nSPS) is 17.5. The molecular weight excluding hydrogens is 412 g/mol. The molecule has 1 N–H and O–H groups in total. The minimum absolute atomic E-state index is 0.0845. The van der Waals surface area contributed by atoms with E-state index >= 15 is 0 Å². The van der Waals surface area contributed by atoms with Crippen molar-refractivity contribution in [2.24, 2.45) is 0 Å². The Balaban J connectivity index is 1.62. The van der Waals surface area contributed by atoms with Crippen molar-refractivity contribution in [3.05, 3.63) is 64.9 Å². The molecular formula is C24H27ClN4O2. The van der Waals surface area contributed by atoms with Crippen molar-refractivity contribution in [1.82, 2.24) is 19.8 Å². The second-order valence-corrected chi connectivity index (χ2v) is 8.56. The van der Waals surface area contributed by atoms with E-state index in [0.29, 0.717) is 16.4 Å². The molecule has 4 rings (SSSR count). The first-order chi connectivity index (χ1) is 15.0. The van der Waals surface area contributed by atoms with Crippen LogP contribution < -0.4 is 5.32 Å². The third-order valence-electron chi connectivity index (χ3n) is 5.95. The summed E-state index contributed by atoms with van der Waals surface area (Å²) in [6, 6.07) is 14.5. The van der Waals surface area contributed by atoms with Crippen LogP contribution in [0.5, 0.6) is 0 Å². The fourth-order valence-electron chi connectivity index (χ4n) is 4.27. The van der Waals surface area contributed by atoms with Crippen molar-refractivity contribution < 1.29 is 9.59 Å². The number of carbonyl (C=O) groups excluding carboxylic acids is 2. The zero-order chi connectivity index (χ0) is 22.0. The second-order valence-electron chi connectivity index (χ2n) is 8.15. The van der Waals surface area contributed by atoms with Crippen LogP contribution in [-0.4, -0.2) is 38.9 Å². The summed E-state index contributed by atoms with van der Waals surface area (Å²) < 4.78 is 1.93. The van der Waals surface area contributed by atoms with Crippen molar-refractivity contribution in [1.29, 1.82) is 0 Å². The molecule has 2 amide bonds. The average Bonchev–Trinajstić information content (AvgIpc) is 3.13. The molecule has 0 aliphatic carbocycles. The van der Waals surface area contributed by atoms with Gasteiger partial charge in [0, 0.05) is 12.6 Å². The highest BCUT2D eigenvalue weighted by molar-refractivity contribution is 6.33. The zero-order valence-corrected chi connectivity index (χ0v) is 18.6. The first kappa shape index (κ1) is 21.4. The van der Waals surface area contributed by atoms with Gasteiger partial charge in [0.25, 0.3) is 5.91 Å². The van der Waals surface area contributed by atoms with Gasteiger partial charge in [0.15, 0.2) is 0 Å². The smallest absolute Gasteiger partial charge is 0.253 e. The van der Waals surface area contributed by atoms with E-state index in [1.807, 2.05) is 40.7 Å². The molecule has 2 atom stereocenters. The molecule has 1 saturated heterocycles. The predicted molar refractivity (Wildman–Crippen MR) is 122 cm³/mol. The van der Waals surface area contributed by atoms with Crippen LogP contribution in [0.25, 0.3) is 11.0 Å². The van der Waals surface area contributed by atoms with Gasteiger partial charge in [-0.3, -0.25) is 9.59 Å². The van der Waals surface area contributed by atoms with E-state index < -0.39 is 6.04 Å². The van der Waals surface area contributed by atoms with E-state index in [1.165, 1.54) is 0 Å². The number of hydrogen-bond donors (Lipinski definition) is 1. The first-order valence-corrected chi connectivity index (χ1v) is 11.1. The van der Waals surface area contributed by atoms with Crippen LogP contribution in [0, 0.1) is 0 Å². The maximum absolute atomic E-state index is 13.2. The molecule has 1 aliphatic heterocycles. The Kier molecular flexibility index (Phi) is 6.28. The second kappa shape index (κ2) is 9.10. The Morgan fingerprint density at radius 1 is 1.16 bits per heavy atom. The standard InChI is InChI=1S/C24H27ClN4O2/c1-16-9-7-8-14-28(16)22(30)15-29-21-13-6-5-12-20(21)27-23(29)17(2)26-24(31)18-10-3-4-11-19(18)25/h3-6,10-13,16-17H,7-9,14-15H2,1-2H3,(H,26,31). The number of fused-ring (bicyclic) bond motifs is 1. The van der Waals surface area contributed by atoms with Crippen LogP contribution in [0.15, 0.2) is 48.5 Å². The summed E-state index contributed by atoms with van der Waals surface area (Å²) in [6.07, 6.45) is 3.24. The molecule has 0 spiro atoms. The van der Waals surface area contributed by atoms with Gasteiger partial charge in [-0.05, 0) is 57.4 Å². The summed E-state index contributed by atoms with van der Waals surface area (Å²) in [5.74, 6) is 0.466. The van der Waals surface area contributed by atoms with Crippen LogP contribution in [0.2, 0.25) is 5.02 Å². The van der Waals surface area contributed by atoms with Gasteiger partial charge < -0.3 is 14.8 Å². The summed E-state index contributed by atoms with van der Waals surface area (Å²) in [4.78, 5) is 32.6. The Morgan fingerprint density at radius 3 is 2.68 bits per heavy atom. The highest BCUT2D eigenvalue weighted by Gasteiger charge is 2.26. The van der Waals surface area contributed by atoms with Crippen LogP contribution in [0.1, 0.15) is 55.3 Å². The molecule has 0 saturated carbocycles. The van der Waals surface area contributed by atoms with E-state index in [-0.39, 0.29) is 24.4 Å². The van der Waals surface area contributed by atoms with Crippen molar-refractivity contribution in [2.45, 2.75) is 51.7 Å². The van der Waals surface area contributed by atoms with Gasteiger partial charge in [-0.1, -0.05) is 35.9 Å². The third kappa shape index (κ3) is 4.44. The molecule has 2 unspecified atom stereocenters. The Hall–Kier alpha value is -2.86. The number of nitrogens with zero attached hydrogens (tertiary/aromatic N) is 3. The van der Waals surface area contributed by atoms with Gasteiger partial charge in [0.2, 0.25) is 5.91 Å². The Labute approximate surface area is 187 Å². The zero-order valence-electron chi connectivity index (χ0n) is 17.8. The maximum Gasteiger partial charge on any atom is 0.253 e. The largest absolute Gasteiger partial charge is 0.342 e. The van der Waals surface area contributed by atoms with Crippen molar-refractivity contribution in [3.8, 4) is 0 Å². The number of nitrogens with one attached hydrogen (secondary N) is 1. The van der Waals surface area contributed by atoms with Crippen molar-refractivity contribution in [2.75, 3.05) is 6.54 Å². The number of likely N-dealkylation sites (tertiary alicyclic amines) is 1. The number of halogens is 1. The number of amides is 2. The molecule has 0 bridgehead atoms. The number of aromatic nitrogens is 2. The van der Waals surface area contributed by atoms with Gasteiger partial charge in [0.1, 0.15) is 12.4 Å². The van der Waals surface area contributed by atoms with Crippen molar-refractivity contribution in [3.63, 3.8) is 0 Å². The molecule has 162 valence electrons. The minimum Gasteiger partial charge on any atom is -0.342 e. The van der Waals surface area contributed by atoms with Gasteiger partial charge in [-0.2, -0.15) is 0 Å². The number of hydrogen-bond acceptors (Lipinski definition) is 3. The number of para-hydroxylation sites is 2. The van der Waals surface area contributed by atoms with Crippen LogP contribution in [0.3, 0.4) is 0 Å². The lowest BCUT2D eigenvalue weighted by Gasteiger charge is -2.33. The van der Waals surface area contributed by atoms with Gasteiger partial charge in [0.05, 0.1) is 27.7 Å². The summed E-state index contributed by atoms with van der Waals surface area (Å²) in [5, 5.41) is 3.38. The number of piperidine rings is 1. The first-order valence-electron chi connectivity index (χ1n) is 10.8. The van der Waals surface area contributed by atoms with Crippen LogP contribution in [-0.2, 0) is 11.3 Å². The monoisotopic (exact) mass is 438 g/mol. The topological polar surface area (TPSA) is 67.2 Å². The lowest BCUT2D eigenvalue weighted by Crippen LogP contribution is -2.44. The number of imidazole rings is 1. The van der Waals surface area contributed by atoms with Crippen LogP contribution >= 0.6 is 11.6 Å². The summed E-state index contributed by atoms with van der Waals surface area (Å²) in [5.41, 5.74) is 2.10. The number of benzene rings is 2. The highest BCUT2D eigenvalue weighted by atomic mass is 35.5. The van der Waals surface area contributed by atoms with Crippen LogP contribution in [0.4, 0.5) is 0 Å². The fourth-order valence-corrected chi connectivity index (χ4v) is 4.49. The molecule has 0 radical (unpaired) electrons. The third-order valence-corrected chi connectivity index (χ3v) is 6.28.